The molecule has 0 bridgehead atoms. The third-order valence-electron chi connectivity index (χ3n) is 5.18. The summed E-state index contributed by atoms with van der Waals surface area (Å²) in [6.45, 7) is 0. The maximum atomic E-state index is 13.5. The number of nitrogens with one attached hydrogen (secondary N) is 1. The van der Waals surface area contributed by atoms with Gasteiger partial charge in [-0.15, -0.1) is 5.11 Å². The standard InChI is InChI=1S/C24H17N3O3/c28-22-14-13-19(26-27-22)15-7-1-4-10-18(15)25-24(29)23-16-8-2-5-11-20(16)30-21-12-6-3-9-17(21)23/h1-14,19,23H,(H,25,29). The highest BCUT2D eigenvalue weighted by Crippen LogP contribution is 2.44. The first-order valence-electron chi connectivity index (χ1n) is 9.59. The van der Waals surface area contributed by atoms with Gasteiger partial charge in [-0.25, -0.2) is 0 Å². The van der Waals surface area contributed by atoms with Gasteiger partial charge in [0.05, 0.1) is 5.92 Å². The minimum absolute atomic E-state index is 0.168. The summed E-state index contributed by atoms with van der Waals surface area (Å²) in [5.41, 5.74) is 3.03. The fraction of sp³-hybridized carbons (Fsp3) is 0.0833. The van der Waals surface area contributed by atoms with Crippen molar-refractivity contribution in [3.05, 3.63) is 102 Å². The second-order valence-electron chi connectivity index (χ2n) is 7.04. The number of azo groups is 1. The van der Waals surface area contributed by atoms with Crippen LogP contribution in [0.1, 0.15) is 28.7 Å². The van der Waals surface area contributed by atoms with Crippen molar-refractivity contribution in [2.45, 2.75) is 12.0 Å². The minimum Gasteiger partial charge on any atom is -0.457 e. The van der Waals surface area contributed by atoms with Crippen molar-refractivity contribution in [1.82, 2.24) is 0 Å². The number of carbonyl (C=O) groups is 2. The summed E-state index contributed by atoms with van der Waals surface area (Å²) in [5, 5.41) is 10.7. The van der Waals surface area contributed by atoms with Gasteiger partial charge in [0.25, 0.3) is 5.91 Å². The van der Waals surface area contributed by atoms with Crippen molar-refractivity contribution in [2.75, 3.05) is 5.32 Å². The molecule has 2 aliphatic heterocycles. The van der Waals surface area contributed by atoms with Crippen molar-refractivity contribution < 1.29 is 14.3 Å². The first-order valence-corrected chi connectivity index (χ1v) is 9.59. The number of hydrogen-bond acceptors (Lipinski definition) is 4. The molecule has 2 heterocycles. The molecule has 2 aliphatic rings. The first-order chi connectivity index (χ1) is 14.7. The molecule has 2 amide bonds. The summed E-state index contributed by atoms with van der Waals surface area (Å²) in [6, 6.07) is 22.1. The molecule has 30 heavy (non-hydrogen) atoms. The quantitative estimate of drug-likeness (QED) is 0.666. The summed E-state index contributed by atoms with van der Waals surface area (Å²) in [7, 11) is 0. The van der Waals surface area contributed by atoms with Crippen molar-refractivity contribution in [3.63, 3.8) is 0 Å². The predicted octanol–water partition coefficient (Wildman–Crippen LogP) is 5.15. The molecule has 6 heteroatoms. The number of ether oxygens (including phenoxy) is 1. The lowest BCUT2D eigenvalue weighted by molar-refractivity contribution is -0.117. The molecule has 0 radical (unpaired) electrons. The van der Waals surface area contributed by atoms with Gasteiger partial charge in [-0.3, -0.25) is 9.59 Å². The minimum atomic E-state index is -0.510. The van der Waals surface area contributed by atoms with E-state index in [4.69, 9.17) is 4.74 Å². The van der Waals surface area contributed by atoms with Gasteiger partial charge in [-0.05, 0) is 24.3 Å². The van der Waals surface area contributed by atoms with Crippen LogP contribution >= 0.6 is 0 Å². The molecule has 146 valence electrons. The van der Waals surface area contributed by atoms with E-state index >= 15 is 0 Å². The van der Waals surface area contributed by atoms with Gasteiger partial charge >= 0.3 is 0 Å². The number of carbonyl (C=O) groups excluding carboxylic acids is 2. The van der Waals surface area contributed by atoms with Gasteiger partial charge in [-0.1, -0.05) is 54.6 Å². The largest absolute Gasteiger partial charge is 0.457 e. The zero-order valence-corrected chi connectivity index (χ0v) is 15.9. The van der Waals surface area contributed by atoms with E-state index in [9.17, 15) is 9.59 Å². The molecule has 6 nitrogen and oxygen atoms in total. The molecule has 0 aliphatic carbocycles. The summed E-state index contributed by atoms with van der Waals surface area (Å²) < 4.78 is 5.99. The van der Waals surface area contributed by atoms with Gasteiger partial charge in [0, 0.05) is 28.5 Å². The molecule has 3 aromatic rings. The van der Waals surface area contributed by atoms with E-state index in [2.05, 4.69) is 15.5 Å². The van der Waals surface area contributed by atoms with E-state index in [1.165, 1.54) is 6.08 Å². The Kier molecular flexibility index (Phi) is 4.44. The summed E-state index contributed by atoms with van der Waals surface area (Å²) in [5.74, 6) is 0.283. The number of para-hydroxylation sites is 3. The molecule has 0 aromatic heterocycles. The summed E-state index contributed by atoms with van der Waals surface area (Å²) in [4.78, 5) is 24.8. The maximum Gasteiger partial charge on any atom is 0.287 e. The van der Waals surface area contributed by atoms with Crippen LogP contribution in [0.25, 0.3) is 0 Å². The van der Waals surface area contributed by atoms with Crippen LogP contribution in [0.2, 0.25) is 0 Å². The number of amides is 2. The van der Waals surface area contributed by atoms with Crippen LogP contribution in [0, 0.1) is 0 Å². The zero-order valence-electron chi connectivity index (χ0n) is 15.9. The van der Waals surface area contributed by atoms with Crippen LogP contribution < -0.4 is 10.1 Å². The van der Waals surface area contributed by atoms with Crippen LogP contribution in [-0.4, -0.2) is 11.8 Å². The Morgan fingerprint density at radius 1 is 0.833 bits per heavy atom. The molecular formula is C24H17N3O3. The van der Waals surface area contributed by atoms with Crippen molar-refractivity contribution >= 4 is 17.5 Å². The lowest BCUT2D eigenvalue weighted by atomic mass is 9.87. The molecule has 0 fully saturated rings. The smallest absolute Gasteiger partial charge is 0.287 e. The summed E-state index contributed by atoms with van der Waals surface area (Å²) in [6.07, 6.45) is 3.07. The van der Waals surface area contributed by atoms with Crippen molar-refractivity contribution in [2.24, 2.45) is 10.2 Å². The maximum absolute atomic E-state index is 13.5. The highest BCUT2D eigenvalue weighted by molar-refractivity contribution is 6.00. The van der Waals surface area contributed by atoms with Crippen LogP contribution in [0.3, 0.4) is 0 Å². The predicted molar refractivity (Wildman–Crippen MR) is 112 cm³/mol. The Labute approximate surface area is 172 Å². The molecule has 0 spiro atoms. The Morgan fingerprint density at radius 3 is 2.07 bits per heavy atom. The van der Waals surface area contributed by atoms with Crippen molar-refractivity contribution in [1.29, 1.82) is 0 Å². The molecule has 3 aromatic carbocycles. The lowest BCUT2D eigenvalue weighted by Gasteiger charge is -2.27. The van der Waals surface area contributed by atoms with Gasteiger partial charge in [0.1, 0.15) is 17.5 Å². The molecule has 0 saturated carbocycles. The SMILES string of the molecule is O=C1C=CC(c2ccccc2NC(=O)C2c3ccccc3Oc3ccccc32)N=N1. The normalized spacial score (nSPS) is 17.1. The van der Waals surface area contributed by atoms with Gasteiger partial charge < -0.3 is 10.1 Å². The molecule has 5 rings (SSSR count). The molecule has 0 saturated heterocycles. The fourth-order valence-electron chi connectivity index (χ4n) is 3.80. The van der Waals surface area contributed by atoms with Crippen molar-refractivity contribution in [3.8, 4) is 11.5 Å². The third-order valence-corrected chi connectivity index (χ3v) is 5.18. The van der Waals surface area contributed by atoms with E-state index in [0.29, 0.717) is 17.2 Å². The molecule has 1 unspecified atom stereocenters. The summed E-state index contributed by atoms with van der Waals surface area (Å²) >= 11 is 0. The average molecular weight is 395 g/mol. The number of benzene rings is 3. The highest BCUT2D eigenvalue weighted by Gasteiger charge is 2.33. The average Bonchev–Trinajstić information content (AvgIpc) is 2.78. The number of rotatable bonds is 3. The Bertz CT molecular complexity index is 1150. The molecule has 1 N–H and O–H groups in total. The first kappa shape index (κ1) is 18.0. The number of hydrogen-bond donors (Lipinski definition) is 1. The highest BCUT2D eigenvalue weighted by atomic mass is 16.5. The third kappa shape index (κ3) is 3.18. The van der Waals surface area contributed by atoms with Crippen LogP contribution in [0.15, 0.2) is 95.2 Å². The zero-order chi connectivity index (χ0) is 20.5. The Hall–Kier alpha value is -4.06. The van der Waals surface area contributed by atoms with E-state index in [1.807, 2.05) is 72.8 Å². The number of anilines is 1. The van der Waals surface area contributed by atoms with Crippen LogP contribution in [0.5, 0.6) is 11.5 Å². The second kappa shape index (κ2) is 7.40. The van der Waals surface area contributed by atoms with E-state index < -0.39 is 12.0 Å². The van der Waals surface area contributed by atoms with E-state index in [-0.39, 0.29) is 11.8 Å². The van der Waals surface area contributed by atoms with Crippen LogP contribution in [-0.2, 0) is 9.59 Å². The molecule has 1 atom stereocenters. The lowest BCUT2D eigenvalue weighted by Crippen LogP contribution is -2.25. The monoisotopic (exact) mass is 395 g/mol. The second-order valence-corrected chi connectivity index (χ2v) is 7.04. The fourth-order valence-corrected chi connectivity index (χ4v) is 3.80. The van der Waals surface area contributed by atoms with Gasteiger partial charge in [-0.2, -0.15) is 5.11 Å². The topological polar surface area (TPSA) is 80.1 Å². The van der Waals surface area contributed by atoms with Gasteiger partial charge in [0.2, 0.25) is 5.91 Å². The van der Waals surface area contributed by atoms with E-state index in [0.717, 1.165) is 16.7 Å². The number of nitrogens with zero attached hydrogens (tertiary/aromatic N) is 2. The van der Waals surface area contributed by atoms with Crippen LogP contribution in [0.4, 0.5) is 5.69 Å². The van der Waals surface area contributed by atoms with Gasteiger partial charge in [0.15, 0.2) is 0 Å². The molecular weight excluding hydrogens is 378 g/mol. The Balaban J connectivity index is 1.51. The Morgan fingerprint density at radius 2 is 1.43 bits per heavy atom. The number of fused-ring (bicyclic) bond motifs is 2. The van der Waals surface area contributed by atoms with E-state index in [1.54, 1.807) is 6.08 Å².